The smallest absolute Gasteiger partial charge is 0.0634 e. The van der Waals surface area contributed by atoms with E-state index in [-0.39, 0.29) is 0 Å². The van der Waals surface area contributed by atoms with Crippen molar-refractivity contribution in [3.63, 3.8) is 0 Å². The molecular weight excluding hydrogens is 685 g/mol. The molecule has 0 unspecified atom stereocenters. The van der Waals surface area contributed by atoms with Gasteiger partial charge in [-0.3, -0.25) is 0 Å². The van der Waals surface area contributed by atoms with Crippen molar-refractivity contribution in [3.05, 3.63) is 194 Å². The van der Waals surface area contributed by atoms with Crippen LogP contribution in [-0.4, -0.2) is 9.13 Å². The van der Waals surface area contributed by atoms with Crippen LogP contribution in [0.4, 0.5) is 0 Å². The van der Waals surface area contributed by atoms with Crippen LogP contribution >= 0.6 is 11.3 Å². The van der Waals surface area contributed by atoms with Gasteiger partial charge >= 0.3 is 0 Å². The highest BCUT2D eigenvalue weighted by atomic mass is 32.1. The van der Waals surface area contributed by atoms with Gasteiger partial charge in [0.2, 0.25) is 0 Å². The van der Waals surface area contributed by atoms with Crippen LogP contribution in [0.15, 0.2) is 194 Å². The zero-order valence-corrected chi connectivity index (χ0v) is 30.6. The lowest BCUT2D eigenvalue weighted by atomic mass is 10.00. The van der Waals surface area contributed by atoms with E-state index >= 15 is 0 Å². The van der Waals surface area contributed by atoms with Crippen molar-refractivity contribution in [3.8, 4) is 33.6 Å². The van der Waals surface area contributed by atoms with Crippen LogP contribution in [0.3, 0.4) is 0 Å². The number of para-hydroxylation sites is 1. The Balaban J connectivity index is 1.10. The van der Waals surface area contributed by atoms with Crippen molar-refractivity contribution < 1.29 is 0 Å². The van der Waals surface area contributed by atoms with Gasteiger partial charge in [0.05, 0.1) is 27.8 Å². The molecule has 2 nitrogen and oxygen atoms in total. The fraction of sp³-hybridized carbons (Fsp3) is 0. The zero-order chi connectivity index (χ0) is 36.0. The minimum atomic E-state index is 1.16. The first-order chi connectivity index (χ1) is 27.3. The Morgan fingerprint density at radius 3 is 1.80 bits per heavy atom. The number of benzene rings is 9. The van der Waals surface area contributed by atoms with Crippen LogP contribution in [0.25, 0.3) is 108 Å². The highest BCUT2D eigenvalue weighted by molar-refractivity contribution is 7.26. The van der Waals surface area contributed by atoms with Crippen molar-refractivity contribution in [1.29, 1.82) is 0 Å². The van der Waals surface area contributed by atoms with E-state index in [0.29, 0.717) is 0 Å². The average molecular weight is 717 g/mol. The topological polar surface area (TPSA) is 9.86 Å². The van der Waals surface area contributed by atoms with E-state index in [1.165, 1.54) is 102 Å². The molecule has 0 aliphatic rings. The summed E-state index contributed by atoms with van der Waals surface area (Å²) in [6.07, 6.45) is 0. The number of thiophene rings is 1. The molecular formula is C52H32N2S. The minimum absolute atomic E-state index is 1.16. The second-order valence-electron chi connectivity index (χ2n) is 14.5. The van der Waals surface area contributed by atoms with Crippen LogP contribution in [-0.2, 0) is 0 Å². The Labute approximate surface area is 321 Å². The van der Waals surface area contributed by atoms with Crippen LogP contribution in [0.2, 0.25) is 0 Å². The highest BCUT2D eigenvalue weighted by Crippen LogP contribution is 2.45. The lowest BCUT2D eigenvalue weighted by molar-refractivity contribution is 1.18. The minimum Gasteiger partial charge on any atom is -0.309 e. The van der Waals surface area contributed by atoms with Gasteiger partial charge in [-0.25, -0.2) is 0 Å². The Kier molecular flexibility index (Phi) is 6.54. The van der Waals surface area contributed by atoms with Crippen molar-refractivity contribution in [2.24, 2.45) is 0 Å². The van der Waals surface area contributed by atoms with Crippen molar-refractivity contribution in [2.75, 3.05) is 0 Å². The monoisotopic (exact) mass is 716 g/mol. The SMILES string of the molecule is c1ccc(-c2cccc(-n3c4ccccc4c4cc(-c5ccc6c(c5)c5ccc7sc8ccccc8c7c5n6-c5cccc6ccccc56)ccc43)c2)cc1. The lowest BCUT2D eigenvalue weighted by Crippen LogP contribution is -1.95. The molecule has 3 heterocycles. The number of hydrogen-bond acceptors (Lipinski definition) is 1. The molecule has 3 aromatic heterocycles. The first-order valence-electron chi connectivity index (χ1n) is 18.8. The van der Waals surface area contributed by atoms with E-state index in [9.17, 15) is 0 Å². The molecule has 0 saturated heterocycles. The van der Waals surface area contributed by atoms with Gasteiger partial charge in [0.1, 0.15) is 0 Å². The predicted octanol–water partition coefficient (Wildman–Crippen LogP) is 14.7. The van der Waals surface area contributed by atoms with Crippen LogP contribution in [0.1, 0.15) is 0 Å². The summed E-state index contributed by atoms with van der Waals surface area (Å²) in [6, 6.07) is 71.4. The summed E-state index contributed by atoms with van der Waals surface area (Å²) in [7, 11) is 0. The molecule has 0 radical (unpaired) electrons. The lowest BCUT2D eigenvalue weighted by Gasteiger charge is -2.13. The molecule has 12 aromatic rings. The van der Waals surface area contributed by atoms with Gasteiger partial charge in [-0.2, -0.15) is 0 Å². The molecule has 12 rings (SSSR count). The van der Waals surface area contributed by atoms with Gasteiger partial charge in [-0.1, -0.05) is 133 Å². The Bertz CT molecular complexity index is 3480. The van der Waals surface area contributed by atoms with Gasteiger partial charge in [0.15, 0.2) is 0 Å². The molecule has 0 spiro atoms. The second kappa shape index (κ2) is 11.8. The standard InChI is InChI=1S/C52H32N2S/c1-2-12-33(13-3-1)35-16-10-17-38(30-35)53-46-21-8-6-19-40(46)43-31-36(24-27-47(43)53)37-25-28-48-44(32-37)41-26-29-50-51(42-20-7-9-23-49(42)55-50)52(41)54(48)45-22-11-15-34-14-4-5-18-39(34)45/h1-32H. The van der Waals surface area contributed by atoms with E-state index in [0.717, 1.165) is 5.69 Å². The maximum absolute atomic E-state index is 2.53. The number of nitrogens with zero attached hydrogens (tertiary/aromatic N) is 2. The first-order valence-corrected chi connectivity index (χ1v) is 19.7. The molecule has 0 aliphatic carbocycles. The third-order valence-corrected chi connectivity index (χ3v) is 12.6. The van der Waals surface area contributed by atoms with Crippen molar-refractivity contribution in [2.45, 2.75) is 0 Å². The molecule has 0 amide bonds. The van der Waals surface area contributed by atoms with Crippen LogP contribution in [0, 0.1) is 0 Å². The van der Waals surface area contributed by atoms with Gasteiger partial charge in [0, 0.05) is 52.8 Å². The average Bonchev–Trinajstić information content (AvgIpc) is 3.91. The van der Waals surface area contributed by atoms with E-state index < -0.39 is 0 Å². The molecule has 55 heavy (non-hydrogen) atoms. The normalized spacial score (nSPS) is 12.0. The third-order valence-electron chi connectivity index (χ3n) is 11.5. The molecule has 0 atom stereocenters. The largest absolute Gasteiger partial charge is 0.309 e. The molecule has 0 aliphatic heterocycles. The predicted molar refractivity (Wildman–Crippen MR) is 236 cm³/mol. The second-order valence-corrected chi connectivity index (χ2v) is 15.6. The maximum atomic E-state index is 2.53. The molecule has 0 bridgehead atoms. The van der Waals surface area contributed by atoms with E-state index in [1.54, 1.807) is 0 Å². The fourth-order valence-electron chi connectivity index (χ4n) is 9.03. The van der Waals surface area contributed by atoms with Gasteiger partial charge in [-0.05, 0) is 88.3 Å². The number of fused-ring (bicyclic) bond motifs is 11. The summed E-state index contributed by atoms with van der Waals surface area (Å²) in [5.41, 5.74) is 12.1. The van der Waals surface area contributed by atoms with E-state index in [1.807, 2.05) is 11.3 Å². The maximum Gasteiger partial charge on any atom is 0.0634 e. The van der Waals surface area contributed by atoms with Crippen molar-refractivity contribution >= 4 is 85.9 Å². The number of rotatable bonds is 4. The molecule has 0 fully saturated rings. The molecule has 0 saturated carbocycles. The van der Waals surface area contributed by atoms with Crippen LogP contribution < -0.4 is 0 Å². The summed E-state index contributed by atoms with van der Waals surface area (Å²) in [5, 5.41) is 10.2. The highest BCUT2D eigenvalue weighted by Gasteiger charge is 2.20. The first kappa shape index (κ1) is 30.5. The Morgan fingerprint density at radius 2 is 0.945 bits per heavy atom. The van der Waals surface area contributed by atoms with Gasteiger partial charge in [-0.15, -0.1) is 11.3 Å². The Hall–Kier alpha value is -6.94. The third kappa shape index (κ3) is 4.54. The molecule has 256 valence electrons. The number of aromatic nitrogens is 2. The fourth-order valence-corrected chi connectivity index (χ4v) is 10.1. The van der Waals surface area contributed by atoms with Crippen molar-refractivity contribution in [1.82, 2.24) is 9.13 Å². The van der Waals surface area contributed by atoms with Gasteiger partial charge in [0.25, 0.3) is 0 Å². The zero-order valence-electron chi connectivity index (χ0n) is 29.8. The summed E-state index contributed by atoms with van der Waals surface area (Å²) in [4.78, 5) is 0. The summed E-state index contributed by atoms with van der Waals surface area (Å²) >= 11 is 1.88. The summed E-state index contributed by atoms with van der Waals surface area (Å²) < 4.78 is 7.57. The van der Waals surface area contributed by atoms with Crippen LogP contribution in [0.5, 0.6) is 0 Å². The quantitative estimate of drug-likeness (QED) is 0.172. The molecule has 0 N–H and O–H groups in total. The Morgan fingerprint density at radius 1 is 0.327 bits per heavy atom. The molecule has 3 heteroatoms. The number of hydrogen-bond donors (Lipinski definition) is 0. The van der Waals surface area contributed by atoms with Gasteiger partial charge < -0.3 is 9.13 Å². The molecule has 9 aromatic carbocycles. The summed E-state index contributed by atoms with van der Waals surface area (Å²) in [6.45, 7) is 0. The van der Waals surface area contributed by atoms with E-state index in [2.05, 4.69) is 203 Å². The summed E-state index contributed by atoms with van der Waals surface area (Å²) in [5.74, 6) is 0. The van der Waals surface area contributed by atoms with E-state index in [4.69, 9.17) is 0 Å².